The molecule has 0 saturated heterocycles. The number of hydrogen-bond donors (Lipinski definition) is 1. The van der Waals surface area contributed by atoms with Crippen molar-refractivity contribution < 1.29 is 9.53 Å². The maximum atomic E-state index is 11.7. The summed E-state index contributed by atoms with van der Waals surface area (Å²) in [6, 6.07) is 9.64. The van der Waals surface area contributed by atoms with E-state index in [9.17, 15) is 4.79 Å². The van der Waals surface area contributed by atoms with Crippen LogP contribution in [0.1, 0.15) is 16.8 Å². The first-order valence-corrected chi connectivity index (χ1v) is 5.28. The topological polar surface area (TPSA) is 42.1 Å². The van der Waals surface area contributed by atoms with Gasteiger partial charge in [0.15, 0.2) is 5.78 Å². The number of aromatic amines is 1. The molecule has 3 heteroatoms. The van der Waals surface area contributed by atoms with Crippen LogP contribution in [0.25, 0.3) is 11.3 Å². The number of carbonyl (C=O) groups excluding carboxylic acids is 1. The standard InChI is InChI=1S/C13H11NO2/c15-12-5-7-16-13-4-3-9(8-10(12)13)11-2-1-6-14-11/h1-4,6,8,14H,5,7H2. The van der Waals surface area contributed by atoms with Gasteiger partial charge < -0.3 is 9.72 Å². The Morgan fingerprint density at radius 1 is 1.25 bits per heavy atom. The summed E-state index contributed by atoms with van der Waals surface area (Å²) in [6.07, 6.45) is 2.34. The Hall–Kier alpha value is -2.03. The molecule has 0 atom stereocenters. The van der Waals surface area contributed by atoms with Crippen LogP contribution in [-0.2, 0) is 0 Å². The number of H-pyrrole nitrogens is 1. The first-order chi connectivity index (χ1) is 7.84. The number of carbonyl (C=O) groups is 1. The van der Waals surface area contributed by atoms with Crippen LogP contribution in [0.5, 0.6) is 5.75 Å². The summed E-state index contributed by atoms with van der Waals surface area (Å²) in [5.41, 5.74) is 2.72. The van der Waals surface area contributed by atoms with Crippen molar-refractivity contribution in [2.75, 3.05) is 6.61 Å². The number of nitrogens with one attached hydrogen (secondary N) is 1. The molecule has 2 aromatic rings. The third kappa shape index (κ3) is 1.41. The summed E-state index contributed by atoms with van der Waals surface area (Å²) in [4.78, 5) is 14.8. The van der Waals surface area contributed by atoms with Gasteiger partial charge in [-0.1, -0.05) is 0 Å². The Balaban J connectivity index is 2.11. The van der Waals surface area contributed by atoms with Gasteiger partial charge in [0.25, 0.3) is 0 Å². The highest BCUT2D eigenvalue weighted by Crippen LogP contribution is 2.29. The molecule has 0 spiro atoms. The Bertz CT molecular complexity index is 529. The molecule has 1 aromatic heterocycles. The zero-order valence-corrected chi connectivity index (χ0v) is 8.69. The third-order valence-corrected chi connectivity index (χ3v) is 2.78. The minimum Gasteiger partial charge on any atom is -0.492 e. The van der Waals surface area contributed by atoms with Gasteiger partial charge in [0.05, 0.1) is 12.2 Å². The van der Waals surface area contributed by atoms with Crippen LogP contribution in [0.3, 0.4) is 0 Å². The van der Waals surface area contributed by atoms with E-state index in [-0.39, 0.29) is 5.78 Å². The van der Waals surface area contributed by atoms with Crippen LogP contribution in [0.4, 0.5) is 0 Å². The summed E-state index contributed by atoms with van der Waals surface area (Å²) >= 11 is 0. The molecule has 0 bridgehead atoms. The number of benzene rings is 1. The average molecular weight is 213 g/mol. The highest BCUT2D eigenvalue weighted by molar-refractivity contribution is 6.00. The van der Waals surface area contributed by atoms with Crippen molar-refractivity contribution in [1.29, 1.82) is 0 Å². The Labute approximate surface area is 93.1 Å². The smallest absolute Gasteiger partial charge is 0.170 e. The van der Waals surface area contributed by atoms with Gasteiger partial charge in [-0.05, 0) is 35.9 Å². The van der Waals surface area contributed by atoms with E-state index >= 15 is 0 Å². The molecule has 1 aliphatic heterocycles. The van der Waals surface area contributed by atoms with Crippen molar-refractivity contribution in [2.45, 2.75) is 6.42 Å². The summed E-state index contributed by atoms with van der Waals surface area (Å²) < 4.78 is 5.44. The molecule has 0 unspecified atom stereocenters. The van der Waals surface area contributed by atoms with Gasteiger partial charge in [0, 0.05) is 18.3 Å². The molecular formula is C13H11NO2. The van der Waals surface area contributed by atoms with Crippen LogP contribution in [0, 0.1) is 0 Å². The minimum absolute atomic E-state index is 0.162. The normalized spacial score (nSPS) is 14.4. The van der Waals surface area contributed by atoms with Crippen molar-refractivity contribution in [1.82, 2.24) is 4.98 Å². The maximum absolute atomic E-state index is 11.7. The van der Waals surface area contributed by atoms with Crippen LogP contribution in [-0.4, -0.2) is 17.4 Å². The number of fused-ring (bicyclic) bond motifs is 1. The fourth-order valence-electron chi connectivity index (χ4n) is 1.94. The summed E-state index contributed by atoms with van der Waals surface area (Å²) in [5, 5.41) is 0. The first kappa shape index (κ1) is 9.21. The van der Waals surface area contributed by atoms with Gasteiger partial charge in [0.2, 0.25) is 0 Å². The Morgan fingerprint density at radius 3 is 3.00 bits per heavy atom. The second-order valence-corrected chi connectivity index (χ2v) is 3.82. The number of aromatic nitrogens is 1. The average Bonchev–Trinajstić information content (AvgIpc) is 2.83. The molecule has 16 heavy (non-hydrogen) atoms. The zero-order chi connectivity index (χ0) is 11.0. The number of Topliss-reactive ketones (excluding diaryl/α,β-unsaturated/α-hetero) is 1. The number of ketones is 1. The zero-order valence-electron chi connectivity index (χ0n) is 8.69. The lowest BCUT2D eigenvalue weighted by molar-refractivity contribution is 0.0933. The highest BCUT2D eigenvalue weighted by atomic mass is 16.5. The van der Waals surface area contributed by atoms with Gasteiger partial charge >= 0.3 is 0 Å². The monoisotopic (exact) mass is 213 g/mol. The van der Waals surface area contributed by atoms with Crippen molar-refractivity contribution >= 4 is 5.78 Å². The van der Waals surface area contributed by atoms with Gasteiger partial charge in [-0.25, -0.2) is 0 Å². The lowest BCUT2D eigenvalue weighted by Gasteiger charge is -2.16. The molecular weight excluding hydrogens is 202 g/mol. The lowest BCUT2D eigenvalue weighted by Crippen LogP contribution is -2.15. The van der Waals surface area contributed by atoms with Gasteiger partial charge in [-0.3, -0.25) is 4.79 Å². The fourth-order valence-corrected chi connectivity index (χ4v) is 1.94. The van der Waals surface area contributed by atoms with Crippen LogP contribution >= 0.6 is 0 Å². The second kappa shape index (κ2) is 3.52. The largest absolute Gasteiger partial charge is 0.492 e. The fraction of sp³-hybridized carbons (Fsp3) is 0.154. The quantitative estimate of drug-likeness (QED) is 0.791. The Morgan fingerprint density at radius 2 is 2.19 bits per heavy atom. The molecule has 0 amide bonds. The molecule has 0 radical (unpaired) electrons. The van der Waals surface area contributed by atoms with Crippen molar-refractivity contribution in [3.8, 4) is 17.0 Å². The van der Waals surface area contributed by atoms with E-state index in [1.54, 1.807) is 0 Å². The predicted octanol–water partition coefficient (Wildman–Crippen LogP) is 2.65. The molecule has 0 saturated carbocycles. The minimum atomic E-state index is 0.162. The summed E-state index contributed by atoms with van der Waals surface area (Å²) in [7, 11) is 0. The predicted molar refractivity (Wildman–Crippen MR) is 60.7 cm³/mol. The van der Waals surface area contributed by atoms with E-state index in [0.29, 0.717) is 24.3 Å². The molecule has 3 rings (SSSR count). The molecule has 1 aromatic carbocycles. The molecule has 80 valence electrons. The number of rotatable bonds is 1. The SMILES string of the molecule is O=C1CCOc2ccc(-c3ccc[nH]3)cc21. The van der Waals surface area contributed by atoms with Crippen molar-refractivity contribution in [3.05, 3.63) is 42.1 Å². The number of ether oxygens (including phenoxy) is 1. The van der Waals surface area contributed by atoms with E-state index in [1.165, 1.54) is 0 Å². The van der Waals surface area contributed by atoms with E-state index in [1.807, 2.05) is 36.5 Å². The van der Waals surface area contributed by atoms with Gasteiger partial charge in [0.1, 0.15) is 5.75 Å². The molecule has 3 nitrogen and oxygen atoms in total. The Kier molecular flexibility index (Phi) is 2.03. The van der Waals surface area contributed by atoms with Crippen molar-refractivity contribution in [2.24, 2.45) is 0 Å². The van der Waals surface area contributed by atoms with Crippen LogP contribution in [0.15, 0.2) is 36.5 Å². The van der Waals surface area contributed by atoms with Crippen LogP contribution < -0.4 is 4.74 Å². The first-order valence-electron chi connectivity index (χ1n) is 5.28. The highest BCUT2D eigenvalue weighted by Gasteiger charge is 2.18. The molecule has 0 aliphatic carbocycles. The van der Waals surface area contributed by atoms with Gasteiger partial charge in [-0.15, -0.1) is 0 Å². The van der Waals surface area contributed by atoms with E-state index in [2.05, 4.69) is 4.98 Å². The lowest BCUT2D eigenvalue weighted by atomic mass is 10.0. The number of hydrogen-bond acceptors (Lipinski definition) is 2. The van der Waals surface area contributed by atoms with E-state index < -0.39 is 0 Å². The molecule has 1 aliphatic rings. The molecule has 0 fully saturated rings. The summed E-state index contributed by atoms with van der Waals surface area (Å²) in [5.74, 6) is 0.862. The van der Waals surface area contributed by atoms with E-state index in [4.69, 9.17) is 4.74 Å². The summed E-state index contributed by atoms with van der Waals surface area (Å²) in [6.45, 7) is 0.494. The van der Waals surface area contributed by atoms with E-state index in [0.717, 1.165) is 11.3 Å². The molecule has 2 heterocycles. The molecule has 1 N–H and O–H groups in total. The second-order valence-electron chi connectivity index (χ2n) is 3.82. The third-order valence-electron chi connectivity index (χ3n) is 2.78. The maximum Gasteiger partial charge on any atom is 0.170 e. The van der Waals surface area contributed by atoms with Crippen molar-refractivity contribution in [3.63, 3.8) is 0 Å². The van der Waals surface area contributed by atoms with Gasteiger partial charge in [-0.2, -0.15) is 0 Å². The van der Waals surface area contributed by atoms with Crippen LogP contribution in [0.2, 0.25) is 0 Å².